The normalized spacial score (nSPS) is 19.0. The Morgan fingerprint density at radius 2 is 1.66 bits per heavy atom. The van der Waals surface area contributed by atoms with Gasteiger partial charge >= 0.3 is 0 Å². The molecular formula is C31H32N4O6. The van der Waals surface area contributed by atoms with E-state index in [0.29, 0.717) is 67.6 Å². The molecule has 10 heteroatoms. The maximum absolute atomic E-state index is 13.6. The predicted molar refractivity (Wildman–Crippen MR) is 150 cm³/mol. The number of piperazine rings is 1. The topological polar surface area (TPSA) is 104 Å². The van der Waals surface area contributed by atoms with Crippen molar-refractivity contribution < 1.29 is 28.3 Å². The summed E-state index contributed by atoms with van der Waals surface area (Å²) in [5.41, 5.74) is 2.33. The number of furan rings is 1. The van der Waals surface area contributed by atoms with E-state index in [4.69, 9.17) is 9.15 Å². The first-order valence-corrected chi connectivity index (χ1v) is 13.9. The Labute approximate surface area is 238 Å². The van der Waals surface area contributed by atoms with Crippen molar-refractivity contribution in [1.82, 2.24) is 14.7 Å². The van der Waals surface area contributed by atoms with E-state index in [2.05, 4.69) is 4.90 Å². The number of amides is 4. The lowest BCUT2D eigenvalue weighted by Gasteiger charge is -2.39. The summed E-state index contributed by atoms with van der Waals surface area (Å²) in [5.74, 6) is 0.0570. The molecule has 0 bridgehead atoms. The highest BCUT2D eigenvalue weighted by Gasteiger charge is 2.40. The number of fused-ring (bicyclic) bond motifs is 1. The van der Waals surface area contributed by atoms with Gasteiger partial charge in [0.15, 0.2) is 5.76 Å². The van der Waals surface area contributed by atoms with Gasteiger partial charge in [-0.1, -0.05) is 18.2 Å². The van der Waals surface area contributed by atoms with Crippen molar-refractivity contribution in [2.45, 2.75) is 19.4 Å². The molecule has 2 saturated heterocycles. The summed E-state index contributed by atoms with van der Waals surface area (Å²) in [6.07, 6.45) is 3.03. The highest BCUT2D eigenvalue weighted by Crippen LogP contribution is 2.35. The highest BCUT2D eigenvalue weighted by atomic mass is 16.5. The van der Waals surface area contributed by atoms with Crippen molar-refractivity contribution in [1.29, 1.82) is 0 Å². The fourth-order valence-corrected chi connectivity index (χ4v) is 5.98. The predicted octanol–water partition coefficient (Wildman–Crippen LogP) is 3.29. The van der Waals surface area contributed by atoms with E-state index in [1.54, 1.807) is 48.4 Å². The van der Waals surface area contributed by atoms with Crippen LogP contribution in [0, 0.1) is 5.92 Å². The fraction of sp³-hybridized carbons (Fsp3) is 0.355. The van der Waals surface area contributed by atoms with Crippen molar-refractivity contribution in [3.05, 3.63) is 83.3 Å². The van der Waals surface area contributed by atoms with Crippen LogP contribution in [-0.4, -0.2) is 84.7 Å². The third-order valence-corrected chi connectivity index (χ3v) is 8.20. The maximum Gasteiger partial charge on any atom is 0.289 e. The molecule has 6 rings (SSSR count). The van der Waals surface area contributed by atoms with Gasteiger partial charge in [0.1, 0.15) is 5.75 Å². The molecule has 3 aromatic rings. The van der Waals surface area contributed by atoms with Gasteiger partial charge < -0.3 is 23.9 Å². The molecule has 1 aromatic heterocycles. The number of imide groups is 1. The molecule has 4 heterocycles. The zero-order chi connectivity index (χ0) is 28.5. The van der Waals surface area contributed by atoms with Crippen molar-refractivity contribution in [3.63, 3.8) is 0 Å². The molecule has 212 valence electrons. The second-order valence-corrected chi connectivity index (χ2v) is 10.6. The number of ether oxygens (including phenoxy) is 1. The number of rotatable bonds is 6. The first-order valence-electron chi connectivity index (χ1n) is 13.9. The van der Waals surface area contributed by atoms with Crippen LogP contribution < -0.4 is 9.64 Å². The van der Waals surface area contributed by atoms with Gasteiger partial charge in [0.2, 0.25) is 5.91 Å². The number of hydrogen-bond acceptors (Lipinski definition) is 7. The van der Waals surface area contributed by atoms with E-state index in [-0.39, 0.29) is 36.1 Å². The lowest BCUT2D eigenvalue weighted by Crippen LogP contribution is -2.53. The number of methoxy groups -OCH3 is 1. The zero-order valence-electron chi connectivity index (χ0n) is 23.0. The van der Waals surface area contributed by atoms with Crippen molar-refractivity contribution in [3.8, 4) is 5.75 Å². The number of carbonyl (C=O) groups excluding carboxylic acids is 4. The van der Waals surface area contributed by atoms with Gasteiger partial charge in [-0.15, -0.1) is 0 Å². The Morgan fingerprint density at radius 3 is 2.37 bits per heavy atom. The molecule has 1 unspecified atom stereocenters. The van der Waals surface area contributed by atoms with Crippen LogP contribution in [-0.2, 0) is 11.3 Å². The van der Waals surface area contributed by atoms with E-state index in [1.165, 1.54) is 11.2 Å². The quantitative estimate of drug-likeness (QED) is 0.429. The van der Waals surface area contributed by atoms with Crippen LogP contribution in [0.5, 0.6) is 5.75 Å². The van der Waals surface area contributed by atoms with Crippen molar-refractivity contribution >= 4 is 29.3 Å². The number of nitrogens with zero attached hydrogens (tertiary/aromatic N) is 4. The van der Waals surface area contributed by atoms with Gasteiger partial charge in [0.05, 0.1) is 42.6 Å². The van der Waals surface area contributed by atoms with Crippen LogP contribution in [0.25, 0.3) is 0 Å². The Balaban J connectivity index is 1.13. The van der Waals surface area contributed by atoms with Crippen molar-refractivity contribution in [2.24, 2.45) is 5.92 Å². The standard InChI is InChI=1S/C31H32N4O6/c1-40-23-11-9-21(10-12-23)19-35-29(37)24-6-2-7-25(27(24)31(35)39)34-13-3-5-22(20-34)28(36)32-14-16-33(17-15-32)30(38)26-8-4-18-41-26/h2,4,6-12,18,22H,3,5,13-17,19-20H2,1H3. The minimum atomic E-state index is -0.317. The zero-order valence-corrected chi connectivity index (χ0v) is 23.0. The number of hydrogen-bond donors (Lipinski definition) is 0. The van der Waals surface area contributed by atoms with Gasteiger partial charge in [-0.3, -0.25) is 24.1 Å². The molecule has 41 heavy (non-hydrogen) atoms. The van der Waals surface area contributed by atoms with Gasteiger partial charge in [0, 0.05) is 39.3 Å². The summed E-state index contributed by atoms with van der Waals surface area (Å²) in [7, 11) is 1.59. The number of piperidine rings is 1. The third kappa shape index (κ3) is 5.05. The Kier molecular flexibility index (Phi) is 7.21. The smallest absolute Gasteiger partial charge is 0.289 e. The van der Waals surface area contributed by atoms with E-state index in [9.17, 15) is 19.2 Å². The summed E-state index contributed by atoms with van der Waals surface area (Å²) in [4.78, 5) is 59.9. The van der Waals surface area contributed by atoms with Crippen LogP contribution in [0.2, 0.25) is 0 Å². The minimum Gasteiger partial charge on any atom is -0.497 e. The molecule has 2 aromatic carbocycles. The van der Waals surface area contributed by atoms with E-state index in [1.807, 2.05) is 23.1 Å². The average Bonchev–Trinajstić information content (AvgIpc) is 3.65. The van der Waals surface area contributed by atoms with Gasteiger partial charge in [0.25, 0.3) is 17.7 Å². The molecule has 3 aliphatic heterocycles. The third-order valence-electron chi connectivity index (χ3n) is 8.20. The molecule has 1 atom stereocenters. The molecule has 0 N–H and O–H groups in total. The summed E-state index contributed by atoms with van der Waals surface area (Å²) >= 11 is 0. The molecule has 0 spiro atoms. The van der Waals surface area contributed by atoms with Crippen LogP contribution in [0.4, 0.5) is 5.69 Å². The first kappa shape index (κ1) is 26.6. The Morgan fingerprint density at radius 1 is 0.902 bits per heavy atom. The van der Waals surface area contributed by atoms with Crippen LogP contribution >= 0.6 is 0 Å². The second-order valence-electron chi connectivity index (χ2n) is 10.6. The molecule has 0 radical (unpaired) electrons. The maximum atomic E-state index is 13.6. The lowest BCUT2D eigenvalue weighted by molar-refractivity contribution is -0.137. The van der Waals surface area contributed by atoms with E-state index in [0.717, 1.165) is 18.4 Å². The SMILES string of the molecule is COc1ccc(CN2C(=O)c3cccc(N4CCCC(C(=O)N5CCN(C(=O)c6ccco6)CC5)C4)c3C2=O)cc1. The summed E-state index contributed by atoms with van der Waals surface area (Å²) in [6.45, 7) is 3.19. The minimum absolute atomic E-state index is 0.0657. The van der Waals surface area contributed by atoms with Crippen LogP contribution in [0.1, 0.15) is 49.7 Å². The van der Waals surface area contributed by atoms with Crippen LogP contribution in [0.15, 0.2) is 65.3 Å². The number of benzene rings is 2. The van der Waals surface area contributed by atoms with E-state index < -0.39 is 0 Å². The fourth-order valence-electron chi connectivity index (χ4n) is 5.98. The van der Waals surface area contributed by atoms with Crippen LogP contribution in [0.3, 0.4) is 0 Å². The lowest BCUT2D eigenvalue weighted by atomic mass is 9.94. The summed E-state index contributed by atoms with van der Waals surface area (Å²) in [5, 5.41) is 0. The summed E-state index contributed by atoms with van der Waals surface area (Å²) < 4.78 is 10.4. The molecule has 0 aliphatic carbocycles. The van der Waals surface area contributed by atoms with Gasteiger partial charge in [-0.25, -0.2) is 0 Å². The second kappa shape index (κ2) is 11.1. The first-order chi connectivity index (χ1) is 19.9. The van der Waals surface area contributed by atoms with Crippen molar-refractivity contribution in [2.75, 3.05) is 51.3 Å². The summed E-state index contributed by atoms with van der Waals surface area (Å²) in [6, 6.07) is 16.0. The molecule has 10 nitrogen and oxygen atoms in total. The number of anilines is 1. The number of carbonyl (C=O) groups is 4. The molecular weight excluding hydrogens is 524 g/mol. The molecule has 2 fully saturated rings. The van der Waals surface area contributed by atoms with E-state index >= 15 is 0 Å². The molecule has 3 aliphatic rings. The van der Waals surface area contributed by atoms with Gasteiger partial charge in [-0.05, 0) is 54.8 Å². The molecule has 4 amide bonds. The largest absolute Gasteiger partial charge is 0.497 e. The Bertz CT molecular complexity index is 1460. The Hall–Kier alpha value is -4.60. The monoisotopic (exact) mass is 556 g/mol. The van der Waals surface area contributed by atoms with Gasteiger partial charge in [-0.2, -0.15) is 0 Å². The molecule has 0 saturated carbocycles. The average molecular weight is 557 g/mol. The highest BCUT2D eigenvalue weighted by molar-refractivity contribution is 6.23.